The SMILES string of the molecule is O=C(Nc1cnn(Cc2ccc(Cl)cc2)c1)[C@@H]1CC(=O)N(c2ccccn2)C1. The Morgan fingerprint density at radius 2 is 2.04 bits per heavy atom. The van der Waals surface area contributed by atoms with Crippen LogP contribution < -0.4 is 10.2 Å². The lowest BCUT2D eigenvalue weighted by atomic mass is 10.1. The molecule has 0 radical (unpaired) electrons. The van der Waals surface area contributed by atoms with E-state index in [0.717, 1.165) is 5.56 Å². The predicted octanol–water partition coefficient (Wildman–Crippen LogP) is 2.97. The number of hydrogen-bond acceptors (Lipinski definition) is 4. The van der Waals surface area contributed by atoms with Gasteiger partial charge in [-0.15, -0.1) is 0 Å². The molecule has 1 aliphatic heterocycles. The summed E-state index contributed by atoms with van der Waals surface area (Å²) in [5, 5.41) is 7.81. The van der Waals surface area contributed by atoms with Crippen molar-refractivity contribution in [3.63, 3.8) is 0 Å². The lowest BCUT2D eigenvalue weighted by Crippen LogP contribution is -2.28. The predicted molar refractivity (Wildman–Crippen MR) is 106 cm³/mol. The second-order valence-electron chi connectivity index (χ2n) is 6.64. The Hall–Kier alpha value is -3.19. The van der Waals surface area contributed by atoms with Gasteiger partial charge in [0.2, 0.25) is 11.8 Å². The average molecular weight is 396 g/mol. The van der Waals surface area contributed by atoms with Crippen LogP contribution in [0.25, 0.3) is 0 Å². The van der Waals surface area contributed by atoms with Crippen molar-refractivity contribution < 1.29 is 9.59 Å². The summed E-state index contributed by atoms with van der Waals surface area (Å²) in [4.78, 5) is 30.6. The average Bonchev–Trinajstić information content (AvgIpc) is 3.31. The van der Waals surface area contributed by atoms with E-state index in [4.69, 9.17) is 11.6 Å². The maximum absolute atomic E-state index is 12.6. The van der Waals surface area contributed by atoms with Crippen LogP contribution in [0.5, 0.6) is 0 Å². The molecule has 1 saturated heterocycles. The molecule has 2 aromatic heterocycles. The van der Waals surface area contributed by atoms with Crippen molar-refractivity contribution in [3.05, 3.63) is 71.6 Å². The Morgan fingerprint density at radius 3 is 2.79 bits per heavy atom. The van der Waals surface area contributed by atoms with Gasteiger partial charge in [-0.05, 0) is 29.8 Å². The van der Waals surface area contributed by atoms with Crippen molar-refractivity contribution in [2.45, 2.75) is 13.0 Å². The molecule has 8 heteroatoms. The van der Waals surface area contributed by atoms with E-state index < -0.39 is 5.92 Å². The highest BCUT2D eigenvalue weighted by atomic mass is 35.5. The molecule has 0 spiro atoms. The van der Waals surface area contributed by atoms with Gasteiger partial charge in [0.25, 0.3) is 0 Å². The highest BCUT2D eigenvalue weighted by Crippen LogP contribution is 2.24. The number of rotatable bonds is 5. The summed E-state index contributed by atoms with van der Waals surface area (Å²) in [6, 6.07) is 12.9. The lowest BCUT2D eigenvalue weighted by molar-refractivity contribution is -0.122. The highest BCUT2D eigenvalue weighted by molar-refractivity contribution is 6.30. The number of aromatic nitrogens is 3. The number of pyridine rings is 1. The Bertz CT molecular complexity index is 987. The maximum Gasteiger partial charge on any atom is 0.229 e. The van der Waals surface area contributed by atoms with Crippen LogP contribution in [0.4, 0.5) is 11.5 Å². The van der Waals surface area contributed by atoms with E-state index in [0.29, 0.717) is 29.6 Å². The molecule has 0 saturated carbocycles. The summed E-state index contributed by atoms with van der Waals surface area (Å²) in [5.74, 6) is -0.150. The second-order valence-corrected chi connectivity index (χ2v) is 7.07. The van der Waals surface area contributed by atoms with Crippen LogP contribution in [0, 0.1) is 5.92 Å². The van der Waals surface area contributed by atoms with Crippen LogP contribution in [0.3, 0.4) is 0 Å². The number of benzene rings is 1. The first-order valence-corrected chi connectivity index (χ1v) is 9.25. The number of amides is 2. The minimum Gasteiger partial charge on any atom is -0.323 e. The fourth-order valence-electron chi connectivity index (χ4n) is 3.15. The van der Waals surface area contributed by atoms with Gasteiger partial charge in [-0.3, -0.25) is 19.2 Å². The van der Waals surface area contributed by atoms with Crippen LogP contribution in [-0.4, -0.2) is 33.1 Å². The first-order valence-electron chi connectivity index (χ1n) is 8.87. The number of halogens is 1. The van der Waals surface area contributed by atoms with Crippen molar-refractivity contribution in [2.24, 2.45) is 5.92 Å². The van der Waals surface area contributed by atoms with E-state index in [2.05, 4.69) is 15.4 Å². The summed E-state index contributed by atoms with van der Waals surface area (Å²) >= 11 is 5.90. The van der Waals surface area contributed by atoms with Crippen molar-refractivity contribution in [1.82, 2.24) is 14.8 Å². The first-order chi connectivity index (χ1) is 13.6. The maximum atomic E-state index is 12.6. The molecule has 28 heavy (non-hydrogen) atoms. The largest absolute Gasteiger partial charge is 0.323 e. The van der Waals surface area contributed by atoms with Gasteiger partial charge in [0.05, 0.1) is 24.3 Å². The molecule has 1 aliphatic rings. The topological polar surface area (TPSA) is 80.1 Å². The third-order valence-corrected chi connectivity index (χ3v) is 4.83. The van der Waals surface area contributed by atoms with E-state index in [9.17, 15) is 9.59 Å². The van der Waals surface area contributed by atoms with E-state index in [-0.39, 0.29) is 18.2 Å². The van der Waals surface area contributed by atoms with Crippen LogP contribution in [-0.2, 0) is 16.1 Å². The minimum atomic E-state index is -0.422. The minimum absolute atomic E-state index is 0.0997. The molecule has 7 nitrogen and oxygen atoms in total. The zero-order valence-electron chi connectivity index (χ0n) is 15.0. The zero-order chi connectivity index (χ0) is 19.5. The van der Waals surface area contributed by atoms with Gasteiger partial charge in [0.15, 0.2) is 0 Å². The van der Waals surface area contributed by atoms with Crippen LogP contribution in [0.2, 0.25) is 5.02 Å². The van der Waals surface area contributed by atoms with Crippen LogP contribution in [0.1, 0.15) is 12.0 Å². The zero-order valence-corrected chi connectivity index (χ0v) is 15.7. The molecule has 0 unspecified atom stereocenters. The van der Waals surface area contributed by atoms with E-state index in [1.165, 1.54) is 0 Å². The third-order valence-electron chi connectivity index (χ3n) is 4.58. The van der Waals surface area contributed by atoms with Gasteiger partial charge in [-0.1, -0.05) is 29.8 Å². The van der Waals surface area contributed by atoms with E-state index >= 15 is 0 Å². The van der Waals surface area contributed by atoms with E-state index in [1.54, 1.807) is 40.3 Å². The van der Waals surface area contributed by atoms with Crippen molar-refractivity contribution in [2.75, 3.05) is 16.8 Å². The third kappa shape index (κ3) is 4.04. The van der Waals surface area contributed by atoms with Gasteiger partial charge in [0.1, 0.15) is 5.82 Å². The molecule has 4 rings (SSSR count). The van der Waals surface area contributed by atoms with Gasteiger partial charge >= 0.3 is 0 Å². The molecule has 1 aromatic carbocycles. The Labute approximate surface area is 166 Å². The molecule has 1 fully saturated rings. The van der Waals surface area contributed by atoms with Gasteiger partial charge in [-0.2, -0.15) is 5.10 Å². The molecule has 1 N–H and O–H groups in total. The van der Waals surface area contributed by atoms with Gasteiger partial charge < -0.3 is 5.32 Å². The summed E-state index contributed by atoms with van der Waals surface area (Å²) in [6.45, 7) is 0.892. The number of carbonyl (C=O) groups excluding carboxylic acids is 2. The van der Waals surface area contributed by atoms with Gasteiger partial charge in [0, 0.05) is 30.4 Å². The Balaban J connectivity index is 1.37. The lowest BCUT2D eigenvalue weighted by Gasteiger charge is -2.15. The molecule has 3 heterocycles. The molecule has 0 aliphatic carbocycles. The number of hydrogen-bond donors (Lipinski definition) is 1. The smallest absolute Gasteiger partial charge is 0.229 e. The van der Waals surface area contributed by atoms with Crippen LogP contribution >= 0.6 is 11.6 Å². The normalized spacial score (nSPS) is 16.4. The standard InChI is InChI=1S/C20H18ClN5O2/c21-16-6-4-14(5-7-16)11-25-13-17(10-23-25)24-20(28)15-9-19(27)26(12-15)18-3-1-2-8-22-18/h1-8,10,13,15H,9,11-12H2,(H,24,28)/t15-/m1/s1. The monoisotopic (exact) mass is 395 g/mol. The molecule has 1 atom stereocenters. The highest BCUT2D eigenvalue weighted by Gasteiger charge is 2.35. The first kappa shape index (κ1) is 18.2. The summed E-state index contributed by atoms with van der Waals surface area (Å²) in [6.07, 6.45) is 5.16. The summed E-state index contributed by atoms with van der Waals surface area (Å²) in [7, 11) is 0. The molecule has 0 bridgehead atoms. The molecular weight excluding hydrogens is 378 g/mol. The summed E-state index contributed by atoms with van der Waals surface area (Å²) in [5.41, 5.74) is 1.65. The molecular formula is C20H18ClN5O2. The number of carbonyl (C=O) groups is 2. The van der Waals surface area contributed by atoms with Gasteiger partial charge in [-0.25, -0.2) is 4.98 Å². The number of nitrogens with one attached hydrogen (secondary N) is 1. The van der Waals surface area contributed by atoms with E-state index in [1.807, 2.05) is 30.3 Å². The molecule has 3 aromatic rings. The second kappa shape index (κ2) is 7.82. The quantitative estimate of drug-likeness (QED) is 0.720. The molecule has 142 valence electrons. The van der Waals surface area contributed by atoms with Crippen molar-refractivity contribution in [3.8, 4) is 0 Å². The fourth-order valence-corrected chi connectivity index (χ4v) is 3.28. The Morgan fingerprint density at radius 1 is 1.21 bits per heavy atom. The van der Waals surface area contributed by atoms with Crippen molar-refractivity contribution in [1.29, 1.82) is 0 Å². The number of nitrogens with zero attached hydrogens (tertiary/aromatic N) is 4. The fraction of sp³-hybridized carbons (Fsp3) is 0.200. The Kier molecular flexibility index (Phi) is 5.08. The number of anilines is 2. The van der Waals surface area contributed by atoms with Crippen molar-refractivity contribution >= 4 is 34.9 Å². The molecule has 2 amide bonds. The summed E-state index contributed by atoms with van der Waals surface area (Å²) < 4.78 is 1.73. The van der Waals surface area contributed by atoms with Crippen LogP contribution in [0.15, 0.2) is 61.1 Å².